The zero-order chi connectivity index (χ0) is 14.6. The van der Waals surface area contributed by atoms with Crippen molar-refractivity contribution in [2.45, 2.75) is 39.0 Å². The molecular weight excluding hydrogens is 270 g/mol. The van der Waals surface area contributed by atoms with Crippen LogP contribution in [0.2, 0.25) is 0 Å². The van der Waals surface area contributed by atoms with Crippen molar-refractivity contribution in [2.24, 2.45) is 11.1 Å². The van der Waals surface area contributed by atoms with Gasteiger partial charge in [-0.05, 0) is 31.9 Å². The van der Waals surface area contributed by atoms with E-state index >= 15 is 0 Å². The molecule has 0 aromatic carbocycles. The monoisotopic (exact) mass is 291 g/mol. The topological polar surface area (TPSA) is 59.2 Å². The highest BCUT2D eigenvalue weighted by Crippen LogP contribution is 2.39. The second kappa shape index (κ2) is 6.31. The molecule has 0 bridgehead atoms. The molecule has 0 saturated heterocycles. The molecule has 0 spiro atoms. The van der Waals surface area contributed by atoms with Crippen molar-refractivity contribution < 1.29 is 4.79 Å². The fraction of sp³-hybridized carbons (Fsp3) is 0.533. The van der Waals surface area contributed by atoms with Crippen LogP contribution in [0, 0.1) is 5.41 Å². The van der Waals surface area contributed by atoms with Gasteiger partial charge in [-0.1, -0.05) is 31.5 Å². The lowest BCUT2D eigenvalue weighted by molar-refractivity contribution is -0.126. The van der Waals surface area contributed by atoms with Gasteiger partial charge in [0, 0.05) is 24.6 Å². The molecule has 1 aliphatic carbocycles. The van der Waals surface area contributed by atoms with Crippen molar-refractivity contribution >= 4 is 28.8 Å². The van der Waals surface area contributed by atoms with Crippen molar-refractivity contribution in [1.82, 2.24) is 4.98 Å². The third-order valence-corrected chi connectivity index (χ3v) is 4.51. The van der Waals surface area contributed by atoms with Crippen LogP contribution in [0.3, 0.4) is 0 Å². The van der Waals surface area contributed by atoms with Crippen LogP contribution in [0.25, 0.3) is 0 Å². The lowest BCUT2D eigenvalue weighted by Crippen LogP contribution is -2.51. The SMILES string of the molecule is CCN(C(=O)C1(C(N)=S)CCCCC1)c1ccncc1. The molecule has 4 nitrogen and oxygen atoms in total. The molecule has 5 heteroatoms. The second-order valence-corrected chi connectivity index (χ2v) is 5.70. The summed E-state index contributed by atoms with van der Waals surface area (Å²) in [5.74, 6) is 0.0402. The van der Waals surface area contributed by atoms with Gasteiger partial charge in [0.2, 0.25) is 5.91 Å². The van der Waals surface area contributed by atoms with Crippen LogP contribution in [0.1, 0.15) is 39.0 Å². The number of aromatic nitrogens is 1. The first kappa shape index (κ1) is 14.9. The predicted octanol–water partition coefficient (Wildman–Crippen LogP) is 2.67. The van der Waals surface area contributed by atoms with Crippen LogP contribution >= 0.6 is 12.2 Å². The normalized spacial score (nSPS) is 17.4. The number of nitrogens with two attached hydrogens (primary N) is 1. The van der Waals surface area contributed by atoms with Crippen LogP contribution < -0.4 is 10.6 Å². The summed E-state index contributed by atoms with van der Waals surface area (Å²) in [5, 5.41) is 0. The van der Waals surface area contributed by atoms with E-state index in [1.807, 2.05) is 19.1 Å². The van der Waals surface area contributed by atoms with E-state index in [1.54, 1.807) is 17.3 Å². The van der Waals surface area contributed by atoms with E-state index in [4.69, 9.17) is 18.0 Å². The van der Waals surface area contributed by atoms with Gasteiger partial charge in [0.25, 0.3) is 0 Å². The minimum Gasteiger partial charge on any atom is -0.392 e. The zero-order valence-electron chi connectivity index (χ0n) is 11.8. The molecule has 0 radical (unpaired) electrons. The molecule has 2 N–H and O–H groups in total. The first-order valence-corrected chi connectivity index (χ1v) is 7.54. The van der Waals surface area contributed by atoms with Crippen LogP contribution in [0.15, 0.2) is 24.5 Å². The molecule has 0 unspecified atom stereocenters. The summed E-state index contributed by atoms with van der Waals surface area (Å²) in [6.45, 7) is 2.57. The number of carbonyl (C=O) groups excluding carboxylic acids is 1. The Balaban J connectivity index is 2.33. The van der Waals surface area contributed by atoms with Gasteiger partial charge >= 0.3 is 0 Å². The highest BCUT2D eigenvalue weighted by Gasteiger charge is 2.44. The summed E-state index contributed by atoms with van der Waals surface area (Å²) in [4.78, 5) is 19.1. The highest BCUT2D eigenvalue weighted by molar-refractivity contribution is 7.80. The fourth-order valence-corrected chi connectivity index (χ4v) is 3.24. The molecule has 108 valence electrons. The molecule has 1 saturated carbocycles. The molecule has 1 aromatic rings. The maximum Gasteiger partial charge on any atom is 0.240 e. The number of pyridine rings is 1. The Bertz CT molecular complexity index is 483. The average Bonchev–Trinajstić information content (AvgIpc) is 2.49. The van der Waals surface area contributed by atoms with Crippen molar-refractivity contribution in [2.75, 3.05) is 11.4 Å². The molecule has 1 amide bonds. The van der Waals surface area contributed by atoms with E-state index in [9.17, 15) is 4.79 Å². The van der Waals surface area contributed by atoms with E-state index in [1.165, 1.54) is 0 Å². The standard InChI is InChI=1S/C15H21N3OS/c1-2-18(12-6-10-17-11-7-12)14(19)15(13(16)20)8-4-3-5-9-15/h6-7,10-11H,2-5,8-9H2,1H3,(H2,16,20). The van der Waals surface area contributed by atoms with Gasteiger partial charge in [0.1, 0.15) is 0 Å². The van der Waals surface area contributed by atoms with Crippen molar-refractivity contribution in [3.05, 3.63) is 24.5 Å². The fourth-order valence-electron chi connectivity index (χ4n) is 2.95. The van der Waals surface area contributed by atoms with Crippen molar-refractivity contribution in [3.8, 4) is 0 Å². The highest BCUT2D eigenvalue weighted by atomic mass is 32.1. The summed E-state index contributed by atoms with van der Waals surface area (Å²) < 4.78 is 0. The first-order valence-electron chi connectivity index (χ1n) is 7.13. The van der Waals surface area contributed by atoms with Gasteiger partial charge in [-0.25, -0.2) is 0 Å². The minimum atomic E-state index is -0.660. The second-order valence-electron chi connectivity index (χ2n) is 5.26. The van der Waals surface area contributed by atoms with Gasteiger partial charge in [0.15, 0.2) is 0 Å². The smallest absolute Gasteiger partial charge is 0.240 e. The number of amides is 1. The number of hydrogen-bond donors (Lipinski definition) is 1. The summed E-state index contributed by atoms with van der Waals surface area (Å²) >= 11 is 5.24. The molecule has 1 aromatic heterocycles. The molecule has 2 rings (SSSR count). The summed E-state index contributed by atoms with van der Waals surface area (Å²) in [5.41, 5.74) is 6.14. The molecule has 20 heavy (non-hydrogen) atoms. The number of thiocarbonyl (C=S) groups is 1. The minimum absolute atomic E-state index is 0.0402. The number of nitrogens with zero attached hydrogens (tertiary/aromatic N) is 2. The molecule has 0 atom stereocenters. The van der Waals surface area contributed by atoms with E-state index in [2.05, 4.69) is 4.98 Å². The number of carbonyl (C=O) groups is 1. The van der Waals surface area contributed by atoms with Crippen molar-refractivity contribution in [3.63, 3.8) is 0 Å². The molecule has 1 aliphatic rings. The Morgan fingerprint density at radius 1 is 1.35 bits per heavy atom. The Morgan fingerprint density at radius 3 is 2.45 bits per heavy atom. The van der Waals surface area contributed by atoms with E-state index in [0.29, 0.717) is 11.5 Å². The zero-order valence-corrected chi connectivity index (χ0v) is 12.7. The van der Waals surface area contributed by atoms with Crippen LogP contribution in [0.4, 0.5) is 5.69 Å². The van der Waals surface area contributed by atoms with Crippen LogP contribution in [0.5, 0.6) is 0 Å². The Labute approximate surface area is 125 Å². The Morgan fingerprint density at radius 2 is 1.95 bits per heavy atom. The molecular formula is C15H21N3OS. The van der Waals surface area contributed by atoms with Gasteiger partial charge in [-0.15, -0.1) is 0 Å². The number of rotatable bonds is 4. The largest absolute Gasteiger partial charge is 0.392 e. The predicted molar refractivity (Wildman–Crippen MR) is 84.6 cm³/mol. The Kier molecular flexibility index (Phi) is 4.70. The molecule has 0 aliphatic heterocycles. The van der Waals surface area contributed by atoms with E-state index < -0.39 is 5.41 Å². The van der Waals surface area contributed by atoms with Crippen LogP contribution in [-0.2, 0) is 4.79 Å². The third-order valence-electron chi connectivity index (χ3n) is 4.12. The van der Waals surface area contributed by atoms with Gasteiger partial charge in [-0.2, -0.15) is 0 Å². The van der Waals surface area contributed by atoms with E-state index in [0.717, 1.165) is 37.8 Å². The summed E-state index contributed by atoms with van der Waals surface area (Å²) in [7, 11) is 0. The van der Waals surface area contributed by atoms with E-state index in [-0.39, 0.29) is 5.91 Å². The number of hydrogen-bond acceptors (Lipinski definition) is 3. The van der Waals surface area contributed by atoms with Crippen LogP contribution in [-0.4, -0.2) is 22.4 Å². The lowest BCUT2D eigenvalue weighted by Gasteiger charge is -2.38. The van der Waals surface area contributed by atoms with Crippen molar-refractivity contribution in [1.29, 1.82) is 0 Å². The third kappa shape index (κ3) is 2.68. The lowest BCUT2D eigenvalue weighted by atomic mass is 9.72. The molecule has 1 fully saturated rings. The maximum atomic E-state index is 13.0. The average molecular weight is 291 g/mol. The Hall–Kier alpha value is -1.49. The summed E-state index contributed by atoms with van der Waals surface area (Å²) in [6, 6.07) is 3.69. The first-order chi connectivity index (χ1) is 9.62. The quantitative estimate of drug-likeness (QED) is 0.866. The summed E-state index contributed by atoms with van der Waals surface area (Å²) in [6.07, 6.45) is 8.09. The van der Waals surface area contributed by atoms with Gasteiger partial charge in [-0.3, -0.25) is 9.78 Å². The van der Waals surface area contributed by atoms with Gasteiger partial charge in [0.05, 0.1) is 10.4 Å². The number of anilines is 1. The van der Waals surface area contributed by atoms with Gasteiger partial charge < -0.3 is 10.6 Å². The maximum absolute atomic E-state index is 13.0. The molecule has 1 heterocycles.